The summed E-state index contributed by atoms with van der Waals surface area (Å²) in [6.07, 6.45) is 0.264. The van der Waals surface area contributed by atoms with Crippen molar-refractivity contribution in [2.75, 3.05) is 4.90 Å². The molecule has 0 saturated carbocycles. The highest BCUT2D eigenvalue weighted by atomic mass is 16.3. The van der Waals surface area contributed by atoms with Gasteiger partial charge < -0.3 is 9.32 Å². The fourth-order valence-electron chi connectivity index (χ4n) is 4.39. The Labute approximate surface area is 199 Å². The van der Waals surface area contributed by atoms with Crippen LogP contribution in [0.3, 0.4) is 0 Å². The van der Waals surface area contributed by atoms with Crippen molar-refractivity contribution in [1.29, 1.82) is 0 Å². The van der Waals surface area contributed by atoms with Gasteiger partial charge in [-0.3, -0.25) is 14.4 Å². The van der Waals surface area contributed by atoms with Crippen LogP contribution in [0.5, 0.6) is 0 Å². The summed E-state index contributed by atoms with van der Waals surface area (Å²) in [5, 5.41) is 0. The molecule has 1 saturated heterocycles. The third-order valence-corrected chi connectivity index (χ3v) is 5.77. The lowest BCUT2D eigenvalue weighted by Crippen LogP contribution is -2.55. The van der Waals surface area contributed by atoms with E-state index in [1.54, 1.807) is 29.2 Å². The lowest BCUT2D eigenvalue weighted by atomic mass is 9.89. The molecule has 2 aromatic carbocycles. The van der Waals surface area contributed by atoms with Crippen LogP contribution < -0.4 is 4.90 Å². The Morgan fingerprint density at radius 3 is 2.26 bits per heavy atom. The van der Waals surface area contributed by atoms with E-state index in [1.165, 1.54) is 4.90 Å². The number of benzene rings is 2. The maximum Gasteiger partial charge on any atom is 0.257 e. The first kappa shape index (κ1) is 23.7. The van der Waals surface area contributed by atoms with E-state index in [1.807, 2.05) is 65.8 Å². The standard InChI is InChI=1S/C27H31N3O4/c1-26(2,3)16-23(32)30(27(4,5)6)20-15-22(31)29(25(20)33)18-13-11-17(12-14-18)24-28-19-9-7-8-10-21(19)34-24/h7-14,20H,15-16H2,1-6H3. The second-order valence-corrected chi connectivity index (χ2v) is 11.0. The Balaban J connectivity index is 1.60. The van der Waals surface area contributed by atoms with Crippen LogP contribution in [-0.2, 0) is 14.4 Å². The van der Waals surface area contributed by atoms with Gasteiger partial charge in [0, 0.05) is 17.5 Å². The van der Waals surface area contributed by atoms with Crippen LogP contribution in [-0.4, -0.2) is 39.2 Å². The number of fused-ring (bicyclic) bond motifs is 1. The third-order valence-electron chi connectivity index (χ3n) is 5.77. The SMILES string of the molecule is CC(C)(C)CC(=O)N(C1CC(=O)N(c2ccc(-c3nc4ccccc4o3)cc2)C1=O)C(C)(C)C. The molecule has 34 heavy (non-hydrogen) atoms. The Hall–Kier alpha value is -3.48. The van der Waals surface area contributed by atoms with E-state index in [-0.39, 0.29) is 29.6 Å². The number of imide groups is 1. The van der Waals surface area contributed by atoms with Crippen LogP contribution >= 0.6 is 0 Å². The summed E-state index contributed by atoms with van der Waals surface area (Å²) in [6, 6.07) is 13.7. The number of hydrogen-bond acceptors (Lipinski definition) is 5. The van der Waals surface area contributed by atoms with Crippen LogP contribution in [0, 0.1) is 5.41 Å². The van der Waals surface area contributed by atoms with Gasteiger partial charge in [0.25, 0.3) is 5.91 Å². The number of rotatable bonds is 4. The maximum atomic E-state index is 13.4. The summed E-state index contributed by atoms with van der Waals surface area (Å²) in [4.78, 5) is 46.8. The van der Waals surface area contributed by atoms with Crippen molar-refractivity contribution in [3.05, 3.63) is 48.5 Å². The predicted octanol–water partition coefficient (Wildman–Crippen LogP) is 5.19. The first-order valence-electron chi connectivity index (χ1n) is 11.5. The Kier molecular flexibility index (Phi) is 5.84. The van der Waals surface area contributed by atoms with Gasteiger partial charge in [-0.15, -0.1) is 0 Å². The zero-order valence-corrected chi connectivity index (χ0v) is 20.6. The largest absolute Gasteiger partial charge is 0.436 e. The molecular weight excluding hydrogens is 430 g/mol. The monoisotopic (exact) mass is 461 g/mol. The average molecular weight is 462 g/mol. The van der Waals surface area contributed by atoms with E-state index in [0.29, 0.717) is 23.6 Å². The van der Waals surface area contributed by atoms with Gasteiger partial charge in [-0.2, -0.15) is 0 Å². The van der Waals surface area contributed by atoms with Crippen molar-refractivity contribution in [3.63, 3.8) is 0 Å². The van der Waals surface area contributed by atoms with Gasteiger partial charge in [-0.25, -0.2) is 9.88 Å². The van der Waals surface area contributed by atoms with Gasteiger partial charge in [0.2, 0.25) is 17.7 Å². The zero-order valence-electron chi connectivity index (χ0n) is 20.6. The molecule has 7 nitrogen and oxygen atoms in total. The fraction of sp³-hybridized carbons (Fsp3) is 0.407. The van der Waals surface area contributed by atoms with Crippen LogP contribution in [0.2, 0.25) is 0 Å². The van der Waals surface area contributed by atoms with Crippen LogP contribution in [0.1, 0.15) is 54.4 Å². The molecule has 2 heterocycles. The number of aromatic nitrogens is 1. The zero-order chi connectivity index (χ0) is 24.8. The summed E-state index contributed by atoms with van der Waals surface area (Å²) in [7, 11) is 0. The minimum absolute atomic E-state index is 0.0289. The number of oxazole rings is 1. The van der Waals surface area contributed by atoms with E-state index in [9.17, 15) is 14.4 Å². The molecule has 1 unspecified atom stereocenters. The Morgan fingerprint density at radius 2 is 1.68 bits per heavy atom. The summed E-state index contributed by atoms with van der Waals surface area (Å²) in [5.74, 6) is -0.352. The van der Waals surface area contributed by atoms with Gasteiger partial charge in [-0.05, 0) is 62.6 Å². The second kappa shape index (κ2) is 8.38. The Bertz CT molecular complexity index is 1210. The highest BCUT2D eigenvalue weighted by Gasteiger charge is 2.47. The molecule has 1 aromatic heterocycles. The molecule has 0 bridgehead atoms. The quantitative estimate of drug-likeness (QED) is 0.499. The summed E-state index contributed by atoms with van der Waals surface area (Å²) in [5.41, 5.74) is 1.83. The van der Waals surface area contributed by atoms with Gasteiger partial charge >= 0.3 is 0 Å². The van der Waals surface area contributed by atoms with Crippen molar-refractivity contribution in [2.45, 2.75) is 66.0 Å². The molecule has 0 aliphatic carbocycles. The molecule has 3 amide bonds. The molecule has 1 aliphatic rings. The lowest BCUT2D eigenvalue weighted by Gasteiger charge is -2.40. The molecule has 1 aliphatic heterocycles. The van der Waals surface area contributed by atoms with E-state index in [0.717, 1.165) is 11.1 Å². The van der Waals surface area contributed by atoms with Gasteiger partial charge in [0.1, 0.15) is 11.6 Å². The number of amides is 3. The molecule has 0 spiro atoms. The number of carbonyl (C=O) groups excluding carboxylic acids is 3. The molecule has 7 heteroatoms. The second-order valence-electron chi connectivity index (χ2n) is 11.0. The minimum atomic E-state index is -0.820. The molecule has 3 aromatic rings. The van der Waals surface area contributed by atoms with Crippen molar-refractivity contribution in [3.8, 4) is 11.5 Å². The molecule has 4 rings (SSSR count). The number of para-hydroxylation sites is 2. The number of carbonyl (C=O) groups is 3. The minimum Gasteiger partial charge on any atom is -0.436 e. The van der Waals surface area contributed by atoms with E-state index < -0.39 is 11.6 Å². The van der Waals surface area contributed by atoms with Crippen molar-refractivity contribution < 1.29 is 18.8 Å². The Morgan fingerprint density at radius 1 is 1.03 bits per heavy atom. The molecule has 0 N–H and O–H groups in total. The number of nitrogens with zero attached hydrogens (tertiary/aromatic N) is 3. The summed E-state index contributed by atoms with van der Waals surface area (Å²) >= 11 is 0. The predicted molar refractivity (Wildman–Crippen MR) is 131 cm³/mol. The van der Waals surface area contributed by atoms with Gasteiger partial charge in [0.15, 0.2) is 5.58 Å². The summed E-state index contributed by atoms with van der Waals surface area (Å²) in [6.45, 7) is 11.6. The van der Waals surface area contributed by atoms with Crippen molar-refractivity contribution >= 4 is 34.5 Å². The third kappa shape index (κ3) is 4.60. The number of anilines is 1. The highest BCUT2D eigenvalue weighted by molar-refractivity contribution is 6.23. The van der Waals surface area contributed by atoms with Crippen LogP contribution in [0.15, 0.2) is 52.9 Å². The lowest BCUT2D eigenvalue weighted by molar-refractivity contribution is -0.145. The molecule has 178 valence electrons. The van der Waals surface area contributed by atoms with E-state index in [4.69, 9.17) is 4.42 Å². The van der Waals surface area contributed by atoms with Gasteiger partial charge in [0.05, 0.1) is 12.1 Å². The maximum absolute atomic E-state index is 13.4. The van der Waals surface area contributed by atoms with Crippen LogP contribution in [0.25, 0.3) is 22.6 Å². The van der Waals surface area contributed by atoms with Crippen LogP contribution in [0.4, 0.5) is 5.69 Å². The first-order valence-corrected chi connectivity index (χ1v) is 11.5. The molecule has 1 atom stereocenters. The molecule has 1 fully saturated rings. The first-order chi connectivity index (χ1) is 15.8. The average Bonchev–Trinajstić information content (AvgIpc) is 3.27. The molecule has 0 radical (unpaired) electrons. The van der Waals surface area contributed by atoms with Gasteiger partial charge in [-0.1, -0.05) is 32.9 Å². The fourth-order valence-corrected chi connectivity index (χ4v) is 4.39. The topological polar surface area (TPSA) is 83.7 Å². The summed E-state index contributed by atoms with van der Waals surface area (Å²) < 4.78 is 5.81. The van der Waals surface area contributed by atoms with Crippen molar-refractivity contribution in [1.82, 2.24) is 9.88 Å². The van der Waals surface area contributed by atoms with E-state index in [2.05, 4.69) is 4.98 Å². The van der Waals surface area contributed by atoms with Crippen molar-refractivity contribution in [2.24, 2.45) is 5.41 Å². The molecular formula is C27H31N3O4. The highest BCUT2D eigenvalue weighted by Crippen LogP contribution is 2.33. The number of hydrogen-bond donors (Lipinski definition) is 0. The normalized spacial score (nSPS) is 17.0. The van der Waals surface area contributed by atoms with E-state index >= 15 is 0 Å². The smallest absolute Gasteiger partial charge is 0.257 e.